The first-order chi connectivity index (χ1) is 7.50. The molecular weight excluding hydrogens is 204 g/mol. The molecule has 0 radical (unpaired) electrons. The molecule has 4 nitrogen and oxygen atoms in total. The van der Waals surface area contributed by atoms with E-state index in [1.54, 1.807) is 23.2 Å². The van der Waals surface area contributed by atoms with Gasteiger partial charge < -0.3 is 9.88 Å². The van der Waals surface area contributed by atoms with Gasteiger partial charge in [0, 0.05) is 31.1 Å². The molecule has 0 bridgehead atoms. The number of H-pyrrole nitrogens is 1. The highest BCUT2D eigenvalue weighted by Crippen LogP contribution is 2.25. The monoisotopic (exact) mass is 220 g/mol. The average molecular weight is 220 g/mol. The first-order valence-corrected chi connectivity index (χ1v) is 5.47. The van der Waals surface area contributed by atoms with Crippen LogP contribution in [0.2, 0.25) is 0 Å². The Balaban J connectivity index is 2.13. The lowest BCUT2D eigenvalue weighted by molar-refractivity contribution is -0.130. The molecule has 1 aliphatic heterocycles. The number of aromatic nitrogens is 1. The highest BCUT2D eigenvalue weighted by molar-refractivity contribution is 5.94. The van der Waals surface area contributed by atoms with Crippen molar-refractivity contribution in [2.75, 3.05) is 13.1 Å². The van der Waals surface area contributed by atoms with Crippen molar-refractivity contribution in [2.45, 2.75) is 20.3 Å². The third kappa shape index (κ3) is 1.87. The summed E-state index contributed by atoms with van der Waals surface area (Å²) in [7, 11) is 0. The van der Waals surface area contributed by atoms with Gasteiger partial charge in [-0.1, -0.05) is 13.8 Å². The number of carbonyl (C=O) groups is 2. The lowest BCUT2D eigenvalue weighted by atomic mass is 9.82. The van der Waals surface area contributed by atoms with E-state index in [1.807, 2.05) is 13.8 Å². The second-order valence-corrected chi connectivity index (χ2v) is 4.87. The van der Waals surface area contributed by atoms with E-state index < -0.39 is 5.41 Å². The maximum Gasteiger partial charge on any atom is 0.270 e. The van der Waals surface area contributed by atoms with E-state index in [0.717, 1.165) is 0 Å². The van der Waals surface area contributed by atoms with Crippen molar-refractivity contribution in [2.24, 2.45) is 5.41 Å². The Bertz CT molecular complexity index is 407. The van der Waals surface area contributed by atoms with Crippen LogP contribution in [0.3, 0.4) is 0 Å². The van der Waals surface area contributed by atoms with Gasteiger partial charge in [-0.3, -0.25) is 9.59 Å². The molecule has 1 fully saturated rings. The molecular formula is C12H16N2O2. The summed E-state index contributed by atoms with van der Waals surface area (Å²) in [5.41, 5.74) is 0.172. The quantitative estimate of drug-likeness (QED) is 0.779. The summed E-state index contributed by atoms with van der Waals surface area (Å²) in [6.45, 7) is 4.82. The molecule has 0 atom stereocenters. The molecule has 4 heteroatoms. The van der Waals surface area contributed by atoms with Crippen molar-refractivity contribution < 1.29 is 9.59 Å². The number of nitrogens with one attached hydrogen (secondary N) is 1. The summed E-state index contributed by atoms with van der Waals surface area (Å²) in [6.07, 6.45) is 2.19. The average Bonchev–Trinajstić information content (AvgIpc) is 2.74. The molecule has 2 rings (SSSR count). The number of carbonyl (C=O) groups excluding carboxylic acids is 2. The molecule has 1 N–H and O–H groups in total. The molecule has 86 valence electrons. The first kappa shape index (κ1) is 10.9. The van der Waals surface area contributed by atoms with Crippen LogP contribution in [0.15, 0.2) is 18.3 Å². The molecule has 1 aliphatic rings. The van der Waals surface area contributed by atoms with E-state index in [9.17, 15) is 9.59 Å². The number of amides is 1. The molecule has 0 aromatic carbocycles. The maximum absolute atomic E-state index is 12.0. The van der Waals surface area contributed by atoms with Gasteiger partial charge in [0.2, 0.25) is 0 Å². The minimum atomic E-state index is -0.416. The highest BCUT2D eigenvalue weighted by atomic mass is 16.2. The minimum Gasteiger partial charge on any atom is -0.357 e. The highest BCUT2D eigenvalue weighted by Gasteiger charge is 2.36. The van der Waals surface area contributed by atoms with E-state index in [1.165, 1.54) is 0 Å². The van der Waals surface area contributed by atoms with Gasteiger partial charge in [0.05, 0.1) is 0 Å². The van der Waals surface area contributed by atoms with Gasteiger partial charge in [0.1, 0.15) is 11.5 Å². The van der Waals surface area contributed by atoms with Crippen molar-refractivity contribution in [3.8, 4) is 0 Å². The van der Waals surface area contributed by atoms with Gasteiger partial charge in [-0.15, -0.1) is 0 Å². The predicted molar refractivity (Wildman–Crippen MR) is 60.1 cm³/mol. The number of rotatable bonds is 1. The molecule has 1 amide bonds. The van der Waals surface area contributed by atoms with Crippen LogP contribution in [0.5, 0.6) is 0 Å². The normalized spacial score (nSPS) is 19.9. The summed E-state index contributed by atoms with van der Waals surface area (Å²) in [5.74, 6) is 0.216. The minimum absolute atomic E-state index is 0.0226. The van der Waals surface area contributed by atoms with Crippen LogP contribution in [0.25, 0.3) is 0 Å². The number of piperidine rings is 1. The van der Waals surface area contributed by atoms with Gasteiger partial charge in [-0.05, 0) is 12.1 Å². The zero-order valence-corrected chi connectivity index (χ0v) is 9.62. The van der Waals surface area contributed by atoms with Gasteiger partial charge in [0.15, 0.2) is 0 Å². The molecule has 0 saturated carbocycles. The maximum atomic E-state index is 12.0. The lowest BCUT2D eigenvalue weighted by Crippen LogP contribution is -2.48. The first-order valence-electron chi connectivity index (χ1n) is 5.47. The van der Waals surface area contributed by atoms with Crippen LogP contribution < -0.4 is 0 Å². The number of hydrogen-bond donors (Lipinski definition) is 1. The molecule has 0 aliphatic carbocycles. The van der Waals surface area contributed by atoms with Crippen LogP contribution in [-0.4, -0.2) is 34.7 Å². The van der Waals surface area contributed by atoms with Crippen molar-refractivity contribution in [1.82, 2.24) is 9.88 Å². The smallest absolute Gasteiger partial charge is 0.270 e. The Morgan fingerprint density at radius 2 is 2.25 bits per heavy atom. The summed E-state index contributed by atoms with van der Waals surface area (Å²) in [5, 5.41) is 0. The SMILES string of the molecule is CC1(C)CN(C(=O)c2ccc[nH]2)CCC1=O. The second-order valence-electron chi connectivity index (χ2n) is 4.87. The Hall–Kier alpha value is -1.58. The van der Waals surface area contributed by atoms with E-state index in [0.29, 0.717) is 25.2 Å². The molecule has 16 heavy (non-hydrogen) atoms. The van der Waals surface area contributed by atoms with Crippen molar-refractivity contribution in [1.29, 1.82) is 0 Å². The van der Waals surface area contributed by atoms with Gasteiger partial charge in [0.25, 0.3) is 5.91 Å². The van der Waals surface area contributed by atoms with E-state index in [-0.39, 0.29) is 11.7 Å². The van der Waals surface area contributed by atoms with Gasteiger partial charge in [-0.2, -0.15) is 0 Å². The molecule has 0 unspecified atom stereocenters. The largest absolute Gasteiger partial charge is 0.357 e. The van der Waals surface area contributed by atoms with Gasteiger partial charge >= 0.3 is 0 Å². The topological polar surface area (TPSA) is 53.2 Å². The second kappa shape index (κ2) is 3.77. The van der Waals surface area contributed by atoms with E-state index in [4.69, 9.17) is 0 Å². The van der Waals surface area contributed by atoms with Crippen LogP contribution in [0.4, 0.5) is 0 Å². The van der Waals surface area contributed by atoms with Crippen LogP contribution >= 0.6 is 0 Å². The summed E-state index contributed by atoms with van der Waals surface area (Å²) in [4.78, 5) is 28.3. The van der Waals surface area contributed by atoms with Crippen LogP contribution in [-0.2, 0) is 4.79 Å². The van der Waals surface area contributed by atoms with Gasteiger partial charge in [-0.25, -0.2) is 0 Å². The summed E-state index contributed by atoms with van der Waals surface area (Å²) in [6, 6.07) is 3.55. The lowest BCUT2D eigenvalue weighted by Gasteiger charge is -2.36. The number of nitrogens with zero attached hydrogens (tertiary/aromatic N) is 1. The number of likely N-dealkylation sites (tertiary alicyclic amines) is 1. The molecule has 1 aromatic rings. The fraction of sp³-hybridized carbons (Fsp3) is 0.500. The van der Waals surface area contributed by atoms with Crippen LogP contribution in [0.1, 0.15) is 30.8 Å². The van der Waals surface area contributed by atoms with Crippen LogP contribution in [0, 0.1) is 5.41 Å². The van der Waals surface area contributed by atoms with E-state index >= 15 is 0 Å². The fourth-order valence-corrected chi connectivity index (χ4v) is 2.03. The molecule has 0 spiro atoms. The Kier molecular flexibility index (Phi) is 2.58. The third-order valence-electron chi connectivity index (χ3n) is 3.07. The predicted octanol–water partition coefficient (Wildman–Crippen LogP) is 1.46. The standard InChI is InChI=1S/C12H16N2O2/c1-12(2)8-14(7-5-10(12)15)11(16)9-4-3-6-13-9/h3-4,6,13H,5,7-8H2,1-2H3. The van der Waals surface area contributed by atoms with Crippen molar-refractivity contribution >= 4 is 11.7 Å². The summed E-state index contributed by atoms with van der Waals surface area (Å²) < 4.78 is 0. The molecule has 2 heterocycles. The zero-order valence-electron chi connectivity index (χ0n) is 9.62. The number of Topliss-reactive ketones (excluding diaryl/α,β-unsaturated/α-hetero) is 1. The van der Waals surface area contributed by atoms with Crippen molar-refractivity contribution in [3.63, 3.8) is 0 Å². The number of ketones is 1. The van der Waals surface area contributed by atoms with Crippen molar-refractivity contribution in [3.05, 3.63) is 24.0 Å². The summed E-state index contributed by atoms with van der Waals surface area (Å²) >= 11 is 0. The Labute approximate surface area is 94.6 Å². The zero-order chi connectivity index (χ0) is 11.8. The third-order valence-corrected chi connectivity index (χ3v) is 3.07. The molecule has 1 saturated heterocycles. The Morgan fingerprint density at radius 3 is 2.81 bits per heavy atom. The number of aromatic amines is 1. The molecule has 1 aromatic heterocycles. The number of hydrogen-bond acceptors (Lipinski definition) is 2. The Morgan fingerprint density at radius 1 is 1.50 bits per heavy atom. The fourth-order valence-electron chi connectivity index (χ4n) is 2.03. The van der Waals surface area contributed by atoms with E-state index in [2.05, 4.69) is 4.98 Å².